The molecule has 1 heterocycles. The first-order valence-electron chi connectivity index (χ1n) is 6.64. The number of fused-ring (bicyclic) bond motifs is 1. The standard InChI is InChI=1S/C15H18N2O/c16-13-8-9-14(15-12(13)7-4-10-17-15)18-11-5-2-1-3-6-11/h4,7-11H,1-3,5-6,16H2. The number of nitrogen functional groups attached to an aromatic ring is 1. The average molecular weight is 242 g/mol. The summed E-state index contributed by atoms with van der Waals surface area (Å²) in [6.07, 6.45) is 8.30. The molecule has 3 nitrogen and oxygen atoms in total. The van der Waals surface area contributed by atoms with E-state index in [1.165, 1.54) is 19.3 Å². The van der Waals surface area contributed by atoms with Gasteiger partial charge >= 0.3 is 0 Å². The quantitative estimate of drug-likeness (QED) is 0.819. The van der Waals surface area contributed by atoms with Crippen LogP contribution in [-0.2, 0) is 0 Å². The zero-order valence-electron chi connectivity index (χ0n) is 10.4. The third kappa shape index (κ3) is 2.13. The van der Waals surface area contributed by atoms with Crippen molar-refractivity contribution < 1.29 is 4.74 Å². The fraction of sp³-hybridized carbons (Fsp3) is 0.400. The van der Waals surface area contributed by atoms with Crippen molar-refractivity contribution in [2.75, 3.05) is 5.73 Å². The minimum absolute atomic E-state index is 0.340. The Labute approximate surface area is 107 Å². The molecule has 0 unspecified atom stereocenters. The van der Waals surface area contributed by atoms with Gasteiger partial charge in [-0.05, 0) is 49.9 Å². The summed E-state index contributed by atoms with van der Waals surface area (Å²) in [5.41, 5.74) is 7.60. The molecule has 3 heteroatoms. The van der Waals surface area contributed by atoms with Crippen LogP contribution < -0.4 is 10.5 Å². The highest BCUT2D eigenvalue weighted by Crippen LogP contribution is 2.31. The van der Waals surface area contributed by atoms with Crippen LogP contribution in [0, 0.1) is 0 Å². The minimum atomic E-state index is 0.340. The first kappa shape index (κ1) is 11.3. The summed E-state index contributed by atoms with van der Waals surface area (Å²) in [4.78, 5) is 4.40. The van der Waals surface area contributed by atoms with E-state index in [4.69, 9.17) is 10.5 Å². The van der Waals surface area contributed by atoms with Gasteiger partial charge in [-0.3, -0.25) is 4.98 Å². The molecule has 1 saturated carbocycles. The second-order valence-corrected chi connectivity index (χ2v) is 4.93. The second kappa shape index (κ2) is 4.84. The molecule has 94 valence electrons. The summed E-state index contributed by atoms with van der Waals surface area (Å²) < 4.78 is 6.11. The molecule has 2 N–H and O–H groups in total. The molecular weight excluding hydrogens is 224 g/mol. The number of ether oxygens (including phenoxy) is 1. The molecule has 0 aliphatic heterocycles. The second-order valence-electron chi connectivity index (χ2n) is 4.93. The Kier molecular flexibility index (Phi) is 3.05. The van der Waals surface area contributed by atoms with Crippen LogP contribution in [0.5, 0.6) is 5.75 Å². The molecule has 1 aliphatic carbocycles. The lowest BCUT2D eigenvalue weighted by molar-refractivity contribution is 0.157. The molecular formula is C15H18N2O. The summed E-state index contributed by atoms with van der Waals surface area (Å²) in [5, 5.41) is 0.978. The van der Waals surface area contributed by atoms with Gasteiger partial charge in [0.15, 0.2) is 0 Å². The van der Waals surface area contributed by atoms with Gasteiger partial charge in [0.25, 0.3) is 0 Å². The fourth-order valence-corrected chi connectivity index (χ4v) is 2.63. The van der Waals surface area contributed by atoms with Crippen LogP contribution in [0.25, 0.3) is 10.9 Å². The van der Waals surface area contributed by atoms with E-state index in [1.54, 1.807) is 6.20 Å². The molecule has 1 fully saturated rings. The van der Waals surface area contributed by atoms with Crippen LogP contribution in [0.4, 0.5) is 5.69 Å². The largest absolute Gasteiger partial charge is 0.488 e. The van der Waals surface area contributed by atoms with E-state index in [1.807, 2.05) is 24.3 Å². The van der Waals surface area contributed by atoms with Gasteiger partial charge in [0.2, 0.25) is 0 Å². The van der Waals surface area contributed by atoms with Gasteiger partial charge in [-0.25, -0.2) is 0 Å². The highest BCUT2D eigenvalue weighted by atomic mass is 16.5. The lowest BCUT2D eigenvalue weighted by Gasteiger charge is -2.23. The lowest BCUT2D eigenvalue weighted by Crippen LogP contribution is -2.19. The van der Waals surface area contributed by atoms with Crippen molar-refractivity contribution in [2.45, 2.75) is 38.2 Å². The fourth-order valence-electron chi connectivity index (χ4n) is 2.63. The minimum Gasteiger partial charge on any atom is -0.488 e. The van der Waals surface area contributed by atoms with Crippen molar-refractivity contribution in [1.29, 1.82) is 0 Å². The van der Waals surface area contributed by atoms with Gasteiger partial charge < -0.3 is 10.5 Å². The van der Waals surface area contributed by atoms with E-state index in [9.17, 15) is 0 Å². The first-order valence-corrected chi connectivity index (χ1v) is 6.64. The highest BCUT2D eigenvalue weighted by Gasteiger charge is 2.16. The zero-order valence-corrected chi connectivity index (χ0v) is 10.4. The van der Waals surface area contributed by atoms with Crippen LogP contribution in [-0.4, -0.2) is 11.1 Å². The smallest absolute Gasteiger partial charge is 0.146 e. The maximum Gasteiger partial charge on any atom is 0.146 e. The van der Waals surface area contributed by atoms with Gasteiger partial charge in [-0.1, -0.05) is 6.42 Å². The Hall–Kier alpha value is -1.77. The summed E-state index contributed by atoms with van der Waals surface area (Å²) in [7, 11) is 0. The Morgan fingerprint density at radius 1 is 1.11 bits per heavy atom. The van der Waals surface area contributed by atoms with Crippen molar-refractivity contribution in [1.82, 2.24) is 4.98 Å². The predicted octanol–water partition coefficient (Wildman–Crippen LogP) is 3.53. The van der Waals surface area contributed by atoms with Crippen LogP contribution in [0.1, 0.15) is 32.1 Å². The molecule has 0 atom stereocenters. The molecule has 2 aromatic rings. The Morgan fingerprint density at radius 3 is 2.78 bits per heavy atom. The molecule has 1 aromatic carbocycles. The van der Waals surface area contributed by atoms with Crippen LogP contribution in [0.15, 0.2) is 30.5 Å². The van der Waals surface area contributed by atoms with Crippen molar-refractivity contribution in [2.24, 2.45) is 0 Å². The van der Waals surface area contributed by atoms with Crippen LogP contribution >= 0.6 is 0 Å². The molecule has 3 rings (SSSR count). The predicted molar refractivity (Wildman–Crippen MR) is 73.7 cm³/mol. The average Bonchev–Trinajstić information content (AvgIpc) is 2.44. The Morgan fingerprint density at radius 2 is 1.94 bits per heavy atom. The van der Waals surface area contributed by atoms with E-state index in [2.05, 4.69) is 4.98 Å². The third-order valence-electron chi connectivity index (χ3n) is 3.61. The molecule has 0 bridgehead atoms. The summed E-state index contributed by atoms with van der Waals surface area (Å²) in [6, 6.07) is 7.75. The SMILES string of the molecule is Nc1ccc(OC2CCCCC2)c2ncccc12. The number of hydrogen-bond acceptors (Lipinski definition) is 3. The van der Waals surface area contributed by atoms with Gasteiger partial charge in [-0.15, -0.1) is 0 Å². The van der Waals surface area contributed by atoms with Crippen LogP contribution in [0.3, 0.4) is 0 Å². The maximum absolute atomic E-state index is 6.11. The molecule has 0 radical (unpaired) electrons. The molecule has 18 heavy (non-hydrogen) atoms. The van der Waals surface area contributed by atoms with E-state index >= 15 is 0 Å². The van der Waals surface area contributed by atoms with Crippen molar-refractivity contribution in [3.05, 3.63) is 30.5 Å². The topological polar surface area (TPSA) is 48.1 Å². The van der Waals surface area contributed by atoms with Gasteiger partial charge in [0, 0.05) is 17.3 Å². The number of hydrogen-bond donors (Lipinski definition) is 1. The van der Waals surface area contributed by atoms with Gasteiger partial charge in [-0.2, -0.15) is 0 Å². The van der Waals surface area contributed by atoms with E-state index in [0.29, 0.717) is 6.10 Å². The number of nitrogens with two attached hydrogens (primary N) is 1. The number of nitrogens with zero attached hydrogens (tertiary/aromatic N) is 1. The number of rotatable bonds is 2. The lowest BCUT2D eigenvalue weighted by atomic mass is 9.98. The Bertz CT molecular complexity index is 547. The zero-order chi connectivity index (χ0) is 12.4. The number of aromatic nitrogens is 1. The summed E-state index contributed by atoms with van der Waals surface area (Å²) in [6.45, 7) is 0. The van der Waals surface area contributed by atoms with E-state index in [-0.39, 0.29) is 0 Å². The number of pyridine rings is 1. The third-order valence-corrected chi connectivity index (χ3v) is 3.61. The summed E-state index contributed by atoms with van der Waals surface area (Å²) in [5.74, 6) is 0.867. The van der Waals surface area contributed by atoms with Crippen molar-refractivity contribution >= 4 is 16.6 Å². The summed E-state index contributed by atoms with van der Waals surface area (Å²) >= 11 is 0. The van der Waals surface area contributed by atoms with Crippen molar-refractivity contribution in [3.63, 3.8) is 0 Å². The molecule has 0 spiro atoms. The first-order chi connectivity index (χ1) is 8.84. The monoisotopic (exact) mass is 242 g/mol. The molecule has 0 amide bonds. The van der Waals surface area contributed by atoms with E-state index in [0.717, 1.165) is 35.2 Å². The van der Waals surface area contributed by atoms with Gasteiger partial charge in [0.1, 0.15) is 11.3 Å². The van der Waals surface area contributed by atoms with Crippen molar-refractivity contribution in [3.8, 4) is 5.75 Å². The maximum atomic E-state index is 6.11. The Balaban J connectivity index is 1.94. The van der Waals surface area contributed by atoms with Gasteiger partial charge in [0.05, 0.1) is 6.10 Å². The molecule has 1 aromatic heterocycles. The molecule has 0 saturated heterocycles. The normalized spacial score (nSPS) is 16.9. The van der Waals surface area contributed by atoms with E-state index < -0.39 is 0 Å². The molecule has 1 aliphatic rings. The van der Waals surface area contributed by atoms with Crippen LogP contribution in [0.2, 0.25) is 0 Å². The number of anilines is 1. The highest BCUT2D eigenvalue weighted by molar-refractivity contribution is 5.94. The number of benzene rings is 1.